The van der Waals surface area contributed by atoms with Crippen LogP contribution >= 0.6 is 11.3 Å². The van der Waals surface area contributed by atoms with Gasteiger partial charge in [0.05, 0.1) is 18.6 Å². The first kappa shape index (κ1) is 14.3. The van der Waals surface area contributed by atoms with E-state index in [9.17, 15) is 8.42 Å². The first-order chi connectivity index (χ1) is 9.12. The van der Waals surface area contributed by atoms with Gasteiger partial charge in [-0.3, -0.25) is 0 Å². The van der Waals surface area contributed by atoms with Crippen molar-refractivity contribution in [2.75, 3.05) is 5.75 Å². The zero-order valence-corrected chi connectivity index (χ0v) is 12.4. The van der Waals surface area contributed by atoms with Crippen LogP contribution in [0.1, 0.15) is 24.0 Å². The number of hydrogen-bond donors (Lipinski definition) is 0. The first-order valence-electron chi connectivity index (χ1n) is 6.14. The highest BCUT2D eigenvalue weighted by Gasteiger charge is 2.22. The fraction of sp³-hybridized carbons (Fsp3) is 0.385. The molecule has 0 aliphatic rings. The van der Waals surface area contributed by atoms with Gasteiger partial charge in [0.2, 0.25) is 10.0 Å². The van der Waals surface area contributed by atoms with E-state index >= 15 is 0 Å². The Morgan fingerprint density at radius 1 is 1.26 bits per heavy atom. The average molecular weight is 299 g/mol. The largest absolute Gasteiger partial charge is 0.468 e. The molecule has 0 spiro atoms. The van der Waals surface area contributed by atoms with Crippen molar-refractivity contribution in [3.63, 3.8) is 0 Å². The third kappa shape index (κ3) is 3.92. The van der Waals surface area contributed by atoms with E-state index in [1.807, 2.05) is 24.4 Å². The lowest BCUT2D eigenvalue weighted by molar-refractivity contribution is 0.360. The van der Waals surface area contributed by atoms with Gasteiger partial charge < -0.3 is 4.42 Å². The summed E-state index contributed by atoms with van der Waals surface area (Å²) in [5.41, 5.74) is 0. The molecule has 0 bridgehead atoms. The molecule has 0 aliphatic heterocycles. The molecular weight excluding hydrogens is 282 g/mol. The molecule has 0 amide bonds. The maximum absolute atomic E-state index is 12.3. The van der Waals surface area contributed by atoms with Crippen LogP contribution in [0.5, 0.6) is 0 Å². The van der Waals surface area contributed by atoms with Crippen molar-refractivity contribution in [1.82, 2.24) is 4.31 Å². The Morgan fingerprint density at radius 2 is 2.11 bits per heavy atom. The summed E-state index contributed by atoms with van der Waals surface area (Å²) in [5.74, 6) is 0.829. The highest BCUT2D eigenvalue weighted by Crippen LogP contribution is 2.18. The molecule has 0 radical (unpaired) electrons. The van der Waals surface area contributed by atoms with E-state index in [0.29, 0.717) is 18.7 Å². The normalized spacial score (nSPS) is 12.1. The van der Waals surface area contributed by atoms with Crippen molar-refractivity contribution in [2.45, 2.75) is 26.4 Å². The van der Waals surface area contributed by atoms with Gasteiger partial charge in [-0.05, 0) is 30.0 Å². The monoisotopic (exact) mass is 299 g/mol. The number of thiophene rings is 1. The van der Waals surface area contributed by atoms with Crippen LogP contribution in [0.2, 0.25) is 0 Å². The lowest BCUT2D eigenvalue weighted by atomic mass is 10.4. The number of furan rings is 1. The van der Waals surface area contributed by atoms with Crippen LogP contribution in [0.4, 0.5) is 0 Å². The Bertz CT molecular complexity index is 537. The topological polar surface area (TPSA) is 50.5 Å². The van der Waals surface area contributed by atoms with Gasteiger partial charge in [0, 0.05) is 11.4 Å². The summed E-state index contributed by atoms with van der Waals surface area (Å²) in [6, 6.07) is 7.44. The standard InChI is InChI=1S/C13H17NO3S2/c1-2-9-19(15,16)14(10-12-5-3-7-17-12)11-13-6-4-8-18-13/h3-8H,2,9-11H2,1H3. The quantitative estimate of drug-likeness (QED) is 0.789. The summed E-state index contributed by atoms with van der Waals surface area (Å²) in [7, 11) is -3.24. The molecule has 0 saturated carbocycles. The van der Waals surface area contributed by atoms with Gasteiger partial charge >= 0.3 is 0 Å². The molecule has 0 unspecified atom stereocenters. The molecule has 0 atom stereocenters. The Hall–Kier alpha value is -1.11. The summed E-state index contributed by atoms with van der Waals surface area (Å²) in [5, 5.41) is 1.95. The molecule has 2 aromatic rings. The molecule has 0 fully saturated rings. The molecule has 4 nitrogen and oxygen atoms in total. The molecule has 104 valence electrons. The lowest BCUT2D eigenvalue weighted by Crippen LogP contribution is -2.31. The minimum absolute atomic E-state index is 0.166. The van der Waals surface area contributed by atoms with Gasteiger partial charge in [0.25, 0.3) is 0 Å². The summed E-state index contributed by atoms with van der Waals surface area (Å²) >= 11 is 1.56. The van der Waals surface area contributed by atoms with E-state index in [0.717, 1.165) is 4.88 Å². The fourth-order valence-electron chi connectivity index (χ4n) is 1.79. The van der Waals surface area contributed by atoms with Gasteiger partial charge in [0.15, 0.2) is 0 Å². The molecule has 0 aliphatic carbocycles. The van der Waals surface area contributed by atoms with E-state index in [2.05, 4.69) is 0 Å². The average Bonchev–Trinajstić information content (AvgIpc) is 3.00. The smallest absolute Gasteiger partial charge is 0.214 e. The molecule has 0 N–H and O–H groups in total. The molecule has 0 saturated heterocycles. The fourth-order valence-corrected chi connectivity index (χ4v) is 4.03. The Morgan fingerprint density at radius 3 is 2.68 bits per heavy atom. The Kier molecular flexibility index (Phi) is 4.79. The molecule has 19 heavy (non-hydrogen) atoms. The van der Waals surface area contributed by atoms with Gasteiger partial charge in [-0.25, -0.2) is 8.42 Å². The summed E-state index contributed by atoms with van der Waals surface area (Å²) in [4.78, 5) is 1.03. The molecule has 6 heteroatoms. The summed E-state index contributed by atoms with van der Waals surface area (Å²) in [6.45, 7) is 2.56. The number of hydrogen-bond acceptors (Lipinski definition) is 4. The van der Waals surface area contributed by atoms with Crippen molar-refractivity contribution in [1.29, 1.82) is 0 Å². The minimum atomic E-state index is -3.24. The zero-order chi connectivity index (χ0) is 13.7. The van der Waals surface area contributed by atoms with Crippen LogP contribution in [-0.4, -0.2) is 18.5 Å². The van der Waals surface area contributed by atoms with Crippen LogP contribution in [0.15, 0.2) is 40.3 Å². The highest BCUT2D eigenvalue weighted by molar-refractivity contribution is 7.89. The van der Waals surface area contributed by atoms with Crippen molar-refractivity contribution < 1.29 is 12.8 Å². The van der Waals surface area contributed by atoms with Crippen LogP contribution in [-0.2, 0) is 23.1 Å². The van der Waals surface area contributed by atoms with Gasteiger partial charge in [-0.15, -0.1) is 11.3 Å². The van der Waals surface area contributed by atoms with Crippen LogP contribution in [0.3, 0.4) is 0 Å². The lowest BCUT2D eigenvalue weighted by Gasteiger charge is -2.20. The van der Waals surface area contributed by atoms with E-state index in [-0.39, 0.29) is 12.3 Å². The van der Waals surface area contributed by atoms with Gasteiger partial charge in [-0.1, -0.05) is 13.0 Å². The van der Waals surface area contributed by atoms with E-state index < -0.39 is 10.0 Å². The van der Waals surface area contributed by atoms with Crippen LogP contribution in [0.25, 0.3) is 0 Å². The molecule has 2 rings (SSSR count). The van der Waals surface area contributed by atoms with Gasteiger partial charge in [-0.2, -0.15) is 4.31 Å². The predicted molar refractivity (Wildman–Crippen MR) is 76.4 cm³/mol. The molecular formula is C13H17NO3S2. The maximum atomic E-state index is 12.3. The Balaban J connectivity index is 2.17. The van der Waals surface area contributed by atoms with Crippen LogP contribution < -0.4 is 0 Å². The Labute approximate surface area is 117 Å². The first-order valence-corrected chi connectivity index (χ1v) is 8.63. The SMILES string of the molecule is CCCS(=O)(=O)N(Cc1ccco1)Cc1cccs1. The number of nitrogens with zero attached hydrogens (tertiary/aromatic N) is 1. The second kappa shape index (κ2) is 6.36. The number of rotatable bonds is 7. The van der Waals surface area contributed by atoms with Crippen molar-refractivity contribution in [2.24, 2.45) is 0 Å². The third-order valence-electron chi connectivity index (χ3n) is 2.68. The third-order valence-corrected chi connectivity index (χ3v) is 5.51. The van der Waals surface area contributed by atoms with E-state index in [1.54, 1.807) is 29.7 Å². The molecule has 2 heterocycles. The summed E-state index contributed by atoms with van der Waals surface area (Å²) in [6.07, 6.45) is 2.17. The molecule has 0 aromatic carbocycles. The minimum Gasteiger partial charge on any atom is -0.468 e. The maximum Gasteiger partial charge on any atom is 0.214 e. The summed E-state index contributed by atoms with van der Waals surface area (Å²) < 4.78 is 31.3. The molecule has 2 aromatic heterocycles. The highest BCUT2D eigenvalue weighted by atomic mass is 32.2. The van der Waals surface area contributed by atoms with Crippen molar-refractivity contribution in [3.8, 4) is 0 Å². The van der Waals surface area contributed by atoms with Gasteiger partial charge in [0.1, 0.15) is 5.76 Å². The van der Waals surface area contributed by atoms with E-state index in [4.69, 9.17) is 4.42 Å². The zero-order valence-electron chi connectivity index (χ0n) is 10.8. The van der Waals surface area contributed by atoms with Crippen molar-refractivity contribution in [3.05, 3.63) is 46.5 Å². The van der Waals surface area contributed by atoms with E-state index in [1.165, 1.54) is 4.31 Å². The second-order valence-electron chi connectivity index (χ2n) is 4.24. The second-order valence-corrected chi connectivity index (χ2v) is 7.36. The predicted octanol–water partition coefficient (Wildman–Crippen LogP) is 3.08. The van der Waals surface area contributed by atoms with Crippen molar-refractivity contribution >= 4 is 21.4 Å². The van der Waals surface area contributed by atoms with Crippen LogP contribution in [0, 0.1) is 0 Å². The number of sulfonamides is 1.